The third-order valence-corrected chi connectivity index (χ3v) is 4.98. The van der Waals surface area contributed by atoms with E-state index in [2.05, 4.69) is 15.0 Å². The quantitative estimate of drug-likeness (QED) is 0.815. The van der Waals surface area contributed by atoms with Gasteiger partial charge in [-0.1, -0.05) is 6.92 Å². The summed E-state index contributed by atoms with van der Waals surface area (Å²) in [4.78, 5) is 4.09. The maximum absolute atomic E-state index is 12.2. The van der Waals surface area contributed by atoms with Gasteiger partial charge in [0.25, 0.3) is 10.0 Å². The van der Waals surface area contributed by atoms with Crippen molar-refractivity contribution in [3.8, 4) is 0 Å². The fourth-order valence-electron chi connectivity index (χ4n) is 1.64. The third-order valence-electron chi connectivity index (χ3n) is 2.60. The summed E-state index contributed by atoms with van der Waals surface area (Å²) in [6.45, 7) is 5.02. The maximum atomic E-state index is 12.2. The van der Waals surface area contributed by atoms with Gasteiger partial charge in [-0.2, -0.15) is 4.72 Å². The lowest BCUT2D eigenvalue weighted by atomic mass is 10.4. The normalized spacial score (nSPS) is 13.5. The number of aromatic nitrogens is 1. The third kappa shape index (κ3) is 3.66. The Kier molecular flexibility index (Phi) is 4.92. The van der Waals surface area contributed by atoms with Gasteiger partial charge >= 0.3 is 0 Å². The number of nitrogens with zero attached hydrogens (tertiary/aromatic N) is 1. The molecule has 6 nitrogen and oxygen atoms in total. The van der Waals surface area contributed by atoms with E-state index in [0.29, 0.717) is 17.3 Å². The fraction of sp³-hybridized carbons (Fsp3) is 0.417. The SMILES string of the molecule is CCNCc1ccc(S(=O)(=O)NC(C)c2nccs2)o1. The molecule has 0 saturated carbocycles. The van der Waals surface area contributed by atoms with E-state index in [0.717, 1.165) is 6.54 Å². The molecule has 0 amide bonds. The molecule has 0 aliphatic rings. The summed E-state index contributed by atoms with van der Waals surface area (Å²) in [5.74, 6) is 0.592. The van der Waals surface area contributed by atoms with E-state index < -0.39 is 10.0 Å². The molecule has 0 saturated heterocycles. The Bertz CT molecular complexity index is 635. The average molecular weight is 315 g/mol. The number of nitrogens with one attached hydrogen (secondary N) is 2. The van der Waals surface area contributed by atoms with Crippen LogP contribution in [0, 0.1) is 0 Å². The van der Waals surface area contributed by atoms with Crippen molar-refractivity contribution >= 4 is 21.4 Å². The second kappa shape index (κ2) is 6.49. The predicted molar refractivity (Wildman–Crippen MR) is 76.9 cm³/mol. The van der Waals surface area contributed by atoms with Crippen LogP contribution in [0.25, 0.3) is 0 Å². The molecular formula is C12H17N3O3S2. The first-order chi connectivity index (χ1) is 9.53. The Hall–Kier alpha value is -1.22. The highest BCUT2D eigenvalue weighted by molar-refractivity contribution is 7.89. The van der Waals surface area contributed by atoms with Crippen LogP contribution in [0.1, 0.15) is 30.7 Å². The average Bonchev–Trinajstić information content (AvgIpc) is 3.07. The van der Waals surface area contributed by atoms with Gasteiger partial charge in [0.05, 0.1) is 12.6 Å². The van der Waals surface area contributed by atoms with Crippen LogP contribution in [-0.2, 0) is 16.6 Å². The van der Waals surface area contributed by atoms with Gasteiger partial charge in [0.1, 0.15) is 10.8 Å². The zero-order valence-electron chi connectivity index (χ0n) is 11.3. The monoisotopic (exact) mass is 315 g/mol. The molecule has 0 fully saturated rings. The van der Waals surface area contributed by atoms with E-state index in [1.807, 2.05) is 12.3 Å². The largest absolute Gasteiger partial charge is 0.447 e. The van der Waals surface area contributed by atoms with E-state index in [-0.39, 0.29) is 11.1 Å². The van der Waals surface area contributed by atoms with Gasteiger partial charge in [-0.05, 0) is 25.6 Å². The van der Waals surface area contributed by atoms with E-state index >= 15 is 0 Å². The zero-order valence-corrected chi connectivity index (χ0v) is 12.9. The Morgan fingerprint density at radius 1 is 1.45 bits per heavy atom. The molecule has 20 heavy (non-hydrogen) atoms. The Labute approximate surface area is 122 Å². The molecule has 2 heterocycles. The summed E-state index contributed by atoms with van der Waals surface area (Å²) in [5.41, 5.74) is 0. The topological polar surface area (TPSA) is 84.2 Å². The van der Waals surface area contributed by atoms with E-state index in [1.165, 1.54) is 17.4 Å². The highest BCUT2D eigenvalue weighted by atomic mass is 32.2. The predicted octanol–water partition coefficient (Wildman–Crippen LogP) is 1.89. The number of hydrogen-bond acceptors (Lipinski definition) is 6. The zero-order chi connectivity index (χ0) is 14.6. The molecule has 2 rings (SSSR count). The molecule has 0 aromatic carbocycles. The Morgan fingerprint density at radius 3 is 2.90 bits per heavy atom. The number of thiazole rings is 1. The van der Waals surface area contributed by atoms with Crippen molar-refractivity contribution in [2.75, 3.05) is 6.54 Å². The number of hydrogen-bond donors (Lipinski definition) is 2. The van der Waals surface area contributed by atoms with Crippen molar-refractivity contribution in [1.29, 1.82) is 0 Å². The highest BCUT2D eigenvalue weighted by Crippen LogP contribution is 2.20. The first kappa shape index (κ1) is 15.2. The van der Waals surface area contributed by atoms with Gasteiger partial charge in [-0.3, -0.25) is 0 Å². The Balaban J connectivity index is 2.08. The number of furan rings is 1. The summed E-state index contributed by atoms with van der Waals surface area (Å²) in [7, 11) is -3.67. The second-order valence-electron chi connectivity index (χ2n) is 4.21. The van der Waals surface area contributed by atoms with Crippen LogP contribution in [0.15, 0.2) is 33.2 Å². The summed E-state index contributed by atoms with van der Waals surface area (Å²) in [6.07, 6.45) is 1.65. The van der Waals surface area contributed by atoms with Crippen molar-refractivity contribution < 1.29 is 12.8 Å². The van der Waals surface area contributed by atoms with Crippen LogP contribution >= 0.6 is 11.3 Å². The van der Waals surface area contributed by atoms with Crippen LogP contribution in [-0.4, -0.2) is 19.9 Å². The van der Waals surface area contributed by atoms with Crippen LogP contribution in [0.3, 0.4) is 0 Å². The minimum Gasteiger partial charge on any atom is -0.447 e. The molecular weight excluding hydrogens is 298 g/mol. The molecule has 2 aromatic heterocycles. The number of rotatable bonds is 7. The Morgan fingerprint density at radius 2 is 2.25 bits per heavy atom. The van der Waals surface area contributed by atoms with Gasteiger partial charge in [-0.25, -0.2) is 13.4 Å². The standard InChI is InChI=1S/C12H17N3O3S2/c1-3-13-8-10-4-5-11(18-10)20(16,17)15-9(2)12-14-6-7-19-12/h4-7,9,13,15H,3,8H2,1-2H3. The van der Waals surface area contributed by atoms with Crippen molar-refractivity contribution in [2.24, 2.45) is 0 Å². The first-order valence-corrected chi connectivity index (χ1v) is 8.60. The van der Waals surface area contributed by atoms with Crippen molar-refractivity contribution in [3.63, 3.8) is 0 Å². The van der Waals surface area contributed by atoms with Crippen LogP contribution in [0.5, 0.6) is 0 Å². The van der Waals surface area contributed by atoms with E-state index in [1.54, 1.807) is 19.2 Å². The minimum absolute atomic E-state index is 0.0752. The van der Waals surface area contributed by atoms with E-state index in [4.69, 9.17) is 4.42 Å². The summed E-state index contributed by atoms with van der Waals surface area (Å²) < 4.78 is 32.2. The van der Waals surface area contributed by atoms with Crippen molar-refractivity contribution in [2.45, 2.75) is 31.5 Å². The molecule has 0 aliphatic carbocycles. The van der Waals surface area contributed by atoms with Crippen molar-refractivity contribution in [3.05, 3.63) is 34.5 Å². The van der Waals surface area contributed by atoms with Gasteiger partial charge in [0.2, 0.25) is 5.09 Å². The summed E-state index contributed by atoms with van der Waals surface area (Å²) in [5, 5.41) is 5.52. The molecule has 110 valence electrons. The number of sulfonamides is 1. The summed E-state index contributed by atoms with van der Waals surface area (Å²) in [6, 6.07) is 2.73. The lowest BCUT2D eigenvalue weighted by Gasteiger charge is -2.09. The van der Waals surface area contributed by atoms with Gasteiger partial charge in [0, 0.05) is 11.6 Å². The van der Waals surface area contributed by atoms with E-state index in [9.17, 15) is 8.42 Å². The van der Waals surface area contributed by atoms with Crippen LogP contribution in [0.4, 0.5) is 0 Å². The highest BCUT2D eigenvalue weighted by Gasteiger charge is 2.23. The summed E-state index contributed by atoms with van der Waals surface area (Å²) >= 11 is 1.40. The van der Waals surface area contributed by atoms with Crippen molar-refractivity contribution in [1.82, 2.24) is 15.0 Å². The molecule has 0 spiro atoms. The lowest BCUT2D eigenvalue weighted by molar-refractivity contribution is 0.400. The molecule has 2 aromatic rings. The smallest absolute Gasteiger partial charge is 0.274 e. The van der Waals surface area contributed by atoms with Crippen LogP contribution in [0.2, 0.25) is 0 Å². The molecule has 1 unspecified atom stereocenters. The minimum atomic E-state index is -3.67. The van der Waals surface area contributed by atoms with Gasteiger partial charge in [0.15, 0.2) is 0 Å². The van der Waals surface area contributed by atoms with Gasteiger partial charge < -0.3 is 9.73 Å². The molecule has 2 N–H and O–H groups in total. The second-order valence-corrected chi connectivity index (χ2v) is 6.79. The van der Waals surface area contributed by atoms with Gasteiger partial charge in [-0.15, -0.1) is 11.3 Å². The fourth-order valence-corrected chi connectivity index (χ4v) is 3.51. The first-order valence-electron chi connectivity index (χ1n) is 6.24. The maximum Gasteiger partial charge on any atom is 0.274 e. The molecule has 0 bridgehead atoms. The molecule has 0 aliphatic heterocycles. The van der Waals surface area contributed by atoms with Crippen LogP contribution < -0.4 is 10.0 Å². The molecule has 0 radical (unpaired) electrons. The molecule has 1 atom stereocenters. The lowest BCUT2D eigenvalue weighted by Crippen LogP contribution is -2.26. The molecule has 8 heteroatoms.